The molecule has 1 aliphatic heterocycles. The maximum atomic E-state index is 14.9. The summed E-state index contributed by atoms with van der Waals surface area (Å²) in [7, 11) is 0. The zero-order chi connectivity index (χ0) is 20.4. The van der Waals surface area contributed by atoms with Gasteiger partial charge in [-0.2, -0.15) is 5.26 Å². The van der Waals surface area contributed by atoms with Crippen molar-refractivity contribution in [2.24, 2.45) is 0 Å². The first-order valence-electron chi connectivity index (χ1n) is 8.24. The highest BCUT2D eigenvalue weighted by Crippen LogP contribution is 2.27. The number of nitriles is 1. The molecule has 0 spiro atoms. The van der Waals surface area contributed by atoms with Crippen molar-refractivity contribution >= 4 is 11.7 Å². The molecule has 1 aliphatic rings. The summed E-state index contributed by atoms with van der Waals surface area (Å²) < 4.78 is 57.1. The number of piperidine rings is 1. The van der Waals surface area contributed by atoms with Crippen molar-refractivity contribution in [3.63, 3.8) is 0 Å². The van der Waals surface area contributed by atoms with Gasteiger partial charge in [-0.1, -0.05) is 6.07 Å². The van der Waals surface area contributed by atoms with Gasteiger partial charge < -0.3 is 19.5 Å². The Morgan fingerprint density at radius 1 is 1.39 bits per heavy atom. The van der Waals surface area contributed by atoms with E-state index in [1.54, 1.807) is 0 Å². The molecule has 1 amide bonds. The molecule has 1 atom stereocenters. The number of carbonyl (C=O) groups excluding carboxylic acids is 1. The molecular weight excluding hydrogens is 382 g/mol. The Morgan fingerprint density at radius 3 is 2.89 bits per heavy atom. The predicted molar refractivity (Wildman–Crippen MR) is 89.1 cm³/mol. The van der Waals surface area contributed by atoms with Crippen molar-refractivity contribution in [1.82, 2.24) is 14.5 Å². The lowest BCUT2D eigenvalue weighted by Gasteiger charge is -2.32. The van der Waals surface area contributed by atoms with Crippen molar-refractivity contribution in [2.45, 2.75) is 24.9 Å². The first-order chi connectivity index (χ1) is 13.2. The van der Waals surface area contributed by atoms with Crippen LogP contribution in [0, 0.1) is 11.5 Å². The molecule has 0 saturated carbocycles. The molecule has 0 radical (unpaired) electrons. The highest BCUT2D eigenvalue weighted by molar-refractivity contribution is 5.96. The Balaban J connectivity index is 1.72. The van der Waals surface area contributed by atoms with E-state index in [1.165, 1.54) is 34.1 Å². The zero-order valence-electron chi connectivity index (χ0n) is 14.4. The van der Waals surface area contributed by atoms with Crippen LogP contribution in [0.2, 0.25) is 0 Å². The van der Waals surface area contributed by atoms with Gasteiger partial charge in [0.05, 0.1) is 18.4 Å². The zero-order valence-corrected chi connectivity index (χ0v) is 14.4. The molecule has 0 bridgehead atoms. The maximum Gasteiger partial charge on any atom is 0.573 e. The van der Waals surface area contributed by atoms with Crippen LogP contribution in [0.15, 0.2) is 36.8 Å². The van der Waals surface area contributed by atoms with E-state index in [9.17, 15) is 22.4 Å². The number of amides is 1. The van der Waals surface area contributed by atoms with Crippen LogP contribution in [0.5, 0.6) is 5.75 Å². The van der Waals surface area contributed by atoms with Crippen LogP contribution in [0.25, 0.3) is 5.69 Å². The summed E-state index contributed by atoms with van der Waals surface area (Å²) in [5.74, 6) is -1.31. The first kappa shape index (κ1) is 19.5. The van der Waals surface area contributed by atoms with E-state index >= 15 is 0 Å². The van der Waals surface area contributed by atoms with Gasteiger partial charge in [0.2, 0.25) is 5.67 Å². The third kappa shape index (κ3) is 4.51. The largest absolute Gasteiger partial charge is 0.573 e. The summed E-state index contributed by atoms with van der Waals surface area (Å²) in [6.07, 6.45) is -0.0620. The summed E-state index contributed by atoms with van der Waals surface area (Å²) in [5, 5.41) is 11.2. The lowest BCUT2D eigenvalue weighted by Crippen LogP contribution is -2.51. The van der Waals surface area contributed by atoms with Crippen molar-refractivity contribution in [3.05, 3.63) is 36.8 Å². The Bertz CT molecular complexity index is 907. The maximum absolute atomic E-state index is 14.9. The molecule has 0 aliphatic carbocycles. The number of alkyl halides is 4. The van der Waals surface area contributed by atoms with E-state index in [1.807, 2.05) is 6.19 Å². The smallest absolute Gasteiger partial charge is 0.406 e. The SMILES string of the molecule is N#CN1CCCC(F)(C(=O)Nc2cn(-c3cccc(OC(F)(F)F)c3)cn2)C1. The van der Waals surface area contributed by atoms with Gasteiger partial charge in [-0.05, 0) is 25.0 Å². The summed E-state index contributed by atoms with van der Waals surface area (Å²) >= 11 is 0. The van der Waals surface area contributed by atoms with E-state index in [0.717, 1.165) is 12.1 Å². The average molecular weight is 397 g/mol. The molecule has 1 saturated heterocycles. The minimum Gasteiger partial charge on any atom is -0.406 e. The van der Waals surface area contributed by atoms with Gasteiger partial charge in [0.15, 0.2) is 12.0 Å². The number of imidazole rings is 1. The molecule has 1 unspecified atom stereocenters. The minimum atomic E-state index is -4.82. The molecule has 148 valence electrons. The topological polar surface area (TPSA) is 83.2 Å². The standard InChI is InChI=1S/C17H15F4N5O2/c18-16(5-2-6-25(9-16)10-22)15(27)24-14-8-26(11-23-14)12-3-1-4-13(7-12)28-17(19,20)21/h1,3-4,7-8,11H,2,5-6,9H2,(H,24,27). The fraction of sp³-hybridized carbons (Fsp3) is 0.353. The van der Waals surface area contributed by atoms with E-state index < -0.39 is 23.7 Å². The third-order valence-corrected chi connectivity index (χ3v) is 4.16. The van der Waals surface area contributed by atoms with Crippen LogP contribution < -0.4 is 10.1 Å². The number of nitrogens with zero attached hydrogens (tertiary/aromatic N) is 4. The van der Waals surface area contributed by atoms with E-state index in [-0.39, 0.29) is 18.8 Å². The molecule has 11 heteroatoms. The van der Waals surface area contributed by atoms with Gasteiger partial charge in [0, 0.05) is 12.6 Å². The van der Waals surface area contributed by atoms with Crippen molar-refractivity contribution < 1.29 is 27.1 Å². The van der Waals surface area contributed by atoms with Gasteiger partial charge in [0.25, 0.3) is 5.91 Å². The molecule has 1 fully saturated rings. The third-order valence-electron chi connectivity index (χ3n) is 4.16. The summed E-state index contributed by atoms with van der Waals surface area (Å²) in [4.78, 5) is 17.4. The number of hydrogen-bond donors (Lipinski definition) is 1. The van der Waals surface area contributed by atoms with Crippen LogP contribution in [-0.4, -0.2) is 45.5 Å². The number of halogens is 4. The lowest BCUT2D eigenvalue weighted by molar-refractivity contribution is -0.274. The Labute approximate surface area is 157 Å². The van der Waals surface area contributed by atoms with Gasteiger partial charge in [-0.3, -0.25) is 4.79 Å². The normalized spacial score (nSPS) is 19.8. The summed E-state index contributed by atoms with van der Waals surface area (Å²) in [6.45, 7) is 0.0489. The number of carbonyl (C=O) groups is 1. The van der Waals surface area contributed by atoms with Crippen molar-refractivity contribution in [3.8, 4) is 17.6 Å². The number of benzene rings is 1. The molecule has 28 heavy (non-hydrogen) atoms. The number of likely N-dealkylation sites (tertiary alicyclic amines) is 1. The van der Waals surface area contributed by atoms with E-state index in [0.29, 0.717) is 18.7 Å². The highest BCUT2D eigenvalue weighted by Gasteiger charge is 2.43. The summed E-state index contributed by atoms with van der Waals surface area (Å²) in [5.41, 5.74) is -1.92. The fourth-order valence-electron chi connectivity index (χ4n) is 2.88. The van der Waals surface area contributed by atoms with Crippen LogP contribution in [0.4, 0.5) is 23.4 Å². The first-order valence-corrected chi connectivity index (χ1v) is 8.24. The van der Waals surface area contributed by atoms with Gasteiger partial charge in [-0.25, -0.2) is 9.37 Å². The van der Waals surface area contributed by atoms with Crippen LogP contribution in [-0.2, 0) is 4.79 Å². The highest BCUT2D eigenvalue weighted by atomic mass is 19.4. The molecule has 3 rings (SSSR count). The van der Waals surface area contributed by atoms with Crippen LogP contribution in [0.3, 0.4) is 0 Å². The van der Waals surface area contributed by atoms with Crippen LogP contribution in [0.1, 0.15) is 12.8 Å². The van der Waals surface area contributed by atoms with E-state index in [2.05, 4.69) is 15.0 Å². The monoisotopic (exact) mass is 397 g/mol. The Kier molecular flexibility index (Phi) is 5.13. The predicted octanol–water partition coefficient (Wildman–Crippen LogP) is 2.99. The number of hydrogen-bond acceptors (Lipinski definition) is 5. The second kappa shape index (κ2) is 7.38. The van der Waals surface area contributed by atoms with E-state index in [4.69, 9.17) is 5.26 Å². The molecule has 1 N–H and O–H groups in total. The van der Waals surface area contributed by atoms with Crippen molar-refractivity contribution in [1.29, 1.82) is 5.26 Å². The quantitative estimate of drug-likeness (QED) is 0.634. The summed E-state index contributed by atoms with van der Waals surface area (Å²) in [6, 6.07) is 5.17. The molecule has 1 aromatic carbocycles. The lowest BCUT2D eigenvalue weighted by atomic mass is 9.94. The van der Waals surface area contributed by atoms with Gasteiger partial charge in [0.1, 0.15) is 12.1 Å². The number of anilines is 1. The number of nitrogens with one attached hydrogen (secondary N) is 1. The molecule has 2 heterocycles. The minimum absolute atomic E-state index is 0.0193. The van der Waals surface area contributed by atoms with Crippen molar-refractivity contribution in [2.75, 3.05) is 18.4 Å². The number of rotatable bonds is 4. The average Bonchev–Trinajstić information content (AvgIpc) is 3.09. The van der Waals surface area contributed by atoms with Crippen LogP contribution >= 0.6 is 0 Å². The molecule has 1 aromatic heterocycles. The van der Waals surface area contributed by atoms with Gasteiger partial charge >= 0.3 is 6.36 Å². The number of ether oxygens (including phenoxy) is 1. The van der Waals surface area contributed by atoms with Gasteiger partial charge in [-0.15, -0.1) is 13.2 Å². The Morgan fingerprint density at radius 2 is 2.18 bits per heavy atom. The second-order valence-electron chi connectivity index (χ2n) is 6.26. The Hall–Kier alpha value is -3.29. The second-order valence-corrected chi connectivity index (χ2v) is 6.26. The molecule has 7 nitrogen and oxygen atoms in total. The molecule has 2 aromatic rings. The molecular formula is C17H15F4N5O2. The number of aromatic nitrogens is 2. The fourth-order valence-corrected chi connectivity index (χ4v) is 2.88.